The molecule has 19 heavy (non-hydrogen) atoms. The van der Waals surface area contributed by atoms with Gasteiger partial charge in [0.05, 0.1) is 0 Å². The smallest absolute Gasteiger partial charge is 0.281 e. The number of hydrogen-bond acceptors (Lipinski definition) is 3. The number of nitrogens with zero attached hydrogens (tertiary/aromatic N) is 2. The maximum absolute atomic E-state index is 12.4. The number of nitrogens with one attached hydrogen (secondary N) is 1. The minimum atomic E-state index is -3.29. The quantitative estimate of drug-likeness (QED) is 0.590. The second-order valence-corrected chi connectivity index (χ2v) is 7.23. The maximum Gasteiger partial charge on any atom is 0.281 e. The van der Waals surface area contributed by atoms with E-state index in [0.717, 1.165) is 25.8 Å². The summed E-state index contributed by atoms with van der Waals surface area (Å²) in [6.45, 7) is 10.8. The lowest BCUT2D eigenvalue weighted by molar-refractivity contribution is 0.354. The van der Waals surface area contributed by atoms with E-state index in [0.29, 0.717) is 25.7 Å². The molecule has 0 amide bonds. The first-order valence-corrected chi connectivity index (χ1v) is 8.70. The monoisotopic (exact) mass is 293 g/mol. The van der Waals surface area contributed by atoms with E-state index < -0.39 is 10.2 Å². The average molecular weight is 293 g/mol. The van der Waals surface area contributed by atoms with Crippen LogP contribution in [0.5, 0.6) is 0 Å². The van der Waals surface area contributed by atoms with Crippen molar-refractivity contribution >= 4 is 10.2 Å². The predicted octanol–water partition coefficient (Wildman–Crippen LogP) is 1.67. The van der Waals surface area contributed by atoms with E-state index >= 15 is 0 Å². The Hall–Kier alpha value is -0.170. The maximum atomic E-state index is 12.4. The van der Waals surface area contributed by atoms with Crippen molar-refractivity contribution in [2.45, 2.75) is 53.0 Å². The Labute approximate surface area is 119 Å². The fraction of sp³-hybridized carbons (Fsp3) is 1.00. The van der Waals surface area contributed by atoms with E-state index in [4.69, 9.17) is 0 Å². The molecule has 0 atom stereocenters. The third kappa shape index (κ3) is 7.25. The Balaban J connectivity index is 4.35. The Kier molecular flexibility index (Phi) is 9.60. The molecule has 0 heterocycles. The molecule has 0 aromatic heterocycles. The summed E-state index contributed by atoms with van der Waals surface area (Å²) in [6, 6.07) is 0.443. The standard InChI is InChI=1S/C13H31N3O2S/c1-6-10-16(11-7-2)19(17,18)15(5)12-8-9-14-13(3)4/h13-14H,6-12H2,1-5H3. The Morgan fingerprint density at radius 3 is 2.00 bits per heavy atom. The van der Waals surface area contributed by atoms with Crippen LogP contribution in [-0.4, -0.2) is 56.3 Å². The molecular formula is C13H31N3O2S. The van der Waals surface area contributed by atoms with Gasteiger partial charge in [-0.2, -0.15) is 17.0 Å². The summed E-state index contributed by atoms with van der Waals surface area (Å²) in [4.78, 5) is 0. The molecule has 5 nitrogen and oxygen atoms in total. The Morgan fingerprint density at radius 2 is 1.58 bits per heavy atom. The third-order valence-corrected chi connectivity index (χ3v) is 4.86. The van der Waals surface area contributed by atoms with Gasteiger partial charge in [-0.05, 0) is 25.8 Å². The van der Waals surface area contributed by atoms with E-state index in [1.54, 1.807) is 11.4 Å². The van der Waals surface area contributed by atoms with Crippen LogP contribution in [0.4, 0.5) is 0 Å². The lowest BCUT2D eigenvalue weighted by Crippen LogP contribution is -2.43. The highest BCUT2D eigenvalue weighted by Gasteiger charge is 2.24. The number of rotatable bonds is 11. The van der Waals surface area contributed by atoms with Gasteiger partial charge in [0.25, 0.3) is 10.2 Å². The molecule has 0 aromatic carbocycles. The van der Waals surface area contributed by atoms with Crippen molar-refractivity contribution < 1.29 is 8.42 Å². The van der Waals surface area contributed by atoms with Gasteiger partial charge >= 0.3 is 0 Å². The van der Waals surface area contributed by atoms with Crippen LogP contribution in [0.15, 0.2) is 0 Å². The third-order valence-electron chi connectivity index (χ3n) is 2.87. The van der Waals surface area contributed by atoms with Gasteiger partial charge in [0.2, 0.25) is 0 Å². The molecule has 0 aliphatic heterocycles. The minimum absolute atomic E-state index is 0.443. The molecule has 0 saturated heterocycles. The van der Waals surface area contributed by atoms with Crippen LogP contribution in [0.2, 0.25) is 0 Å². The summed E-state index contributed by atoms with van der Waals surface area (Å²) in [5.41, 5.74) is 0. The summed E-state index contributed by atoms with van der Waals surface area (Å²) in [5.74, 6) is 0. The Morgan fingerprint density at radius 1 is 1.05 bits per heavy atom. The second-order valence-electron chi connectivity index (χ2n) is 5.19. The molecular weight excluding hydrogens is 262 g/mol. The van der Waals surface area contributed by atoms with Crippen molar-refractivity contribution in [2.24, 2.45) is 0 Å². The second kappa shape index (κ2) is 9.69. The van der Waals surface area contributed by atoms with Gasteiger partial charge in [-0.15, -0.1) is 0 Å². The van der Waals surface area contributed by atoms with E-state index in [1.807, 2.05) is 13.8 Å². The van der Waals surface area contributed by atoms with Gasteiger partial charge in [-0.3, -0.25) is 0 Å². The minimum Gasteiger partial charge on any atom is -0.314 e. The van der Waals surface area contributed by atoms with Gasteiger partial charge in [0, 0.05) is 32.7 Å². The van der Waals surface area contributed by atoms with E-state index in [9.17, 15) is 8.42 Å². The molecule has 0 fully saturated rings. The summed E-state index contributed by atoms with van der Waals surface area (Å²) in [5, 5.41) is 3.30. The van der Waals surface area contributed by atoms with Gasteiger partial charge in [-0.1, -0.05) is 27.7 Å². The van der Waals surface area contributed by atoms with E-state index in [2.05, 4.69) is 19.2 Å². The lowest BCUT2D eigenvalue weighted by atomic mass is 10.3. The van der Waals surface area contributed by atoms with E-state index in [1.165, 1.54) is 4.31 Å². The SMILES string of the molecule is CCCN(CCC)S(=O)(=O)N(C)CCCNC(C)C. The van der Waals surface area contributed by atoms with Crippen molar-refractivity contribution in [3.63, 3.8) is 0 Å². The van der Waals surface area contributed by atoms with Crippen LogP contribution < -0.4 is 5.32 Å². The topological polar surface area (TPSA) is 52.7 Å². The summed E-state index contributed by atoms with van der Waals surface area (Å²) >= 11 is 0. The molecule has 0 radical (unpaired) electrons. The van der Waals surface area contributed by atoms with Crippen LogP contribution in [0, 0.1) is 0 Å². The molecule has 0 rings (SSSR count). The summed E-state index contributed by atoms with van der Waals surface area (Å²) in [7, 11) is -1.62. The molecule has 0 aromatic rings. The van der Waals surface area contributed by atoms with Crippen molar-refractivity contribution in [3.05, 3.63) is 0 Å². The predicted molar refractivity (Wildman–Crippen MR) is 81.5 cm³/mol. The van der Waals surface area contributed by atoms with Crippen LogP contribution in [0.1, 0.15) is 47.0 Å². The lowest BCUT2D eigenvalue weighted by Gasteiger charge is -2.27. The molecule has 0 spiro atoms. The molecule has 0 saturated carbocycles. The van der Waals surface area contributed by atoms with Crippen LogP contribution in [0.3, 0.4) is 0 Å². The van der Waals surface area contributed by atoms with Crippen LogP contribution in [-0.2, 0) is 10.2 Å². The first-order valence-electron chi connectivity index (χ1n) is 7.31. The zero-order valence-corrected chi connectivity index (χ0v) is 14.0. The first-order chi connectivity index (χ1) is 8.86. The molecule has 116 valence electrons. The highest BCUT2D eigenvalue weighted by atomic mass is 32.2. The highest BCUT2D eigenvalue weighted by Crippen LogP contribution is 2.08. The highest BCUT2D eigenvalue weighted by molar-refractivity contribution is 7.86. The van der Waals surface area contributed by atoms with Gasteiger partial charge < -0.3 is 5.32 Å². The summed E-state index contributed by atoms with van der Waals surface area (Å²) < 4.78 is 27.8. The zero-order valence-electron chi connectivity index (χ0n) is 13.1. The zero-order chi connectivity index (χ0) is 14.9. The molecule has 1 N–H and O–H groups in total. The van der Waals surface area contributed by atoms with Crippen LogP contribution in [0.25, 0.3) is 0 Å². The van der Waals surface area contributed by atoms with Crippen molar-refractivity contribution in [1.82, 2.24) is 13.9 Å². The molecule has 0 aliphatic carbocycles. The molecule has 0 unspecified atom stereocenters. The van der Waals surface area contributed by atoms with Crippen molar-refractivity contribution in [3.8, 4) is 0 Å². The van der Waals surface area contributed by atoms with E-state index in [-0.39, 0.29) is 0 Å². The fourth-order valence-electron chi connectivity index (χ4n) is 1.85. The summed E-state index contributed by atoms with van der Waals surface area (Å²) in [6.07, 6.45) is 2.53. The van der Waals surface area contributed by atoms with Gasteiger partial charge in [0.15, 0.2) is 0 Å². The fourth-order valence-corrected chi connectivity index (χ4v) is 3.43. The van der Waals surface area contributed by atoms with Crippen molar-refractivity contribution in [2.75, 3.05) is 33.2 Å². The average Bonchev–Trinajstić information content (AvgIpc) is 2.33. The Bertz CT molecular complexity index is 312. The molecule has 0 aliphatic rings. The normalized spacial score (nSPS) is 12.8. The largest absolute Gasteiger partial charge is 0.314 e. The van der Waals surface area contributed by atoms with Gasteiger partial charge in [-0.25, -0.2) is 0 Å². The van der Waals surface area contributed by atoms with Crippen LogP contribution >= 0.6 is 0 Å². The van der Waals surface area contributed by atoms with Crippen molar-refractivity contribution in [1.29, 1.82) is 0 Å². The number of hydrogen-bond donors (Lipinski definition) is 1. The van der Waals surface area contributed by atoms with Gasteiger partial charge in [0.1, 0.15) is 0 Å². The molecule has 6 heteroatoms. The first kappa shape index (κ1) is 18.8. The molecule has 0 bridgehead atoms.